The van der Waals surface area contributed by atoms with Crippen LogP contribution in [0.5, 0.6) is 0 Å². The summed E-state index contributed by atoms with van der Waals surface area (Å²) in [4.78, 5) is 46.6. The number of para-hydroxylation sites is 1. The van der Waals surface area contributed by atoms with E-state index in [2.05, 4.69) is 31.3 Å². The predicted molar refractivity (Wildman–Crippen MR) is 110 cm³/mol. The summed E-state index contributed by atoms with van der Waals surface area (Å²) in [5, 5.41) is 0.768. The van der Waals surface area contributed by atoms with Crippen LogP contribution >= 0.6 is 15.9 Å². The zero-order valence-electron chi connectivity index (χ0n) is 14.9. The van der Waals surface area contributed by atoms with E-state index in [0.29, 0.717) is 26.3 Å². The van der Waals surface area contributed by atoms with Crippen LogP contribution in [0.1, 0.15) is 6.92 Å². The quantitative estimate of drug-likeness (QED) is 0.515. The summed E-state index contributed by atoms with van der Waals surface area (Å²) >= 11 is 3.33. The Hall–Kier alpha value is -3.33. The number of benzene rings is 2. The van der Waals surface area contributed by atoms with Gasteiger partial charge in [-0.3, -0.25) is 24.4 Å². The first-order valence-corrected chi connectivity index (χ1v) is 9.12. The largest absolute Gasteiger partial charge is 0.293 e. The first-order chi connectivity index (χ1) is 13.4. The maximum absolute atomic E-state index is 13.0. The van der Waals surface area contributed by atoms with E-state index in [1.54, 1.807) is 49.5 Å². The topological polar surface area (TPSA) is 98.9 Å². The number of aromatic nitrogens is 4. The number of fused-ring (bicyclic) bond motifs is 2. The molecule has 0 aliphatic heterocycles. The van der Waals surface area contributed by atoms with Gasteiger partial charge in [0.25, 0.3) is 11.1 Å². The summed E-state index contributed by atoms with van der Waals surface area (Å²) in [6.07, 6.45) is 0. The summed E-state index contributed by atoms with van der Waals surface area (Å²) in [6.45, 7) is 1.29. The Morgan fingerprint density at radius 3 is 2.39 bits per heavy atom. The molecule has 28 heavy (non-hydrogen) atoms. The van der Waals surface area contributed by atoms with Gasteiger partial charge in [0.05, 0.1) is 21.8 Å². The maximum atomic E-state index is 13.0. The number of hydrogen-bond donors (Lipinski definition) is 1. The molecule has 0 bridgehead atoms. The molecule has 0 fully saturated rings. The number of halogens is 1. The molecule has 4 aromatic rings. The normalized spacial score (nSPS) is 11.1. The van der Waals surface area contributed by atoms with Crippen LogP contribution in [0.15, 0.2) is 56.5 Å². The molecule has 8 nitrogen and oxygen atoms in total. The van der Waals surface area contributed by atoms with Crippen LogP contribution in [0.4, 0.5) is 0 Å². The second kappa shape index (κ2) is 6.68. The third-order valence-corrected chi connectivity index (χ3v) is 4.78. The number of hydrogen-bond acceptors (Lipinski definition) is 5. The molecule has 0 atom stereocenters. The molecular weight excluding hydrogens is 426 g/mol. The molecule has 0 unspecified atom stereocenters. The highest BCUT2D eigenvalue weighted by atomic mass is 79.9. The minimum atomic E-state index is -0.473. The fourth-order valence-electron chi connectivity index (χ4n) is 2.99. The molecule has 9 heteroatoms. The molecule has 2 heterocycles. The van der Waals surface area contributed by atoms with Crippen molar-refractivity contribution in [3.63, 3.8) is 0 Å². The van der Waals surface area contributed by atoms with Crippen LogP contribution in [0.25, 0.3) is 33.5 Å². The van der Waals surface area contributed by atoms with Gasteiger partial charge < -0.3 is 0 Å². The number of nitrogens with one attached hydrogen (secondary N) is 1. The molecule has 0 aliphatic carbocycles. The Kier molecular flexibility index (Phi) is 4.31. The van der Waals surface area contributed by atoms with Gasteiger partial charge in [-0.2, -0.15) is 4.68 Å². The summed E-state index contributed by atoms with van der Waals surface area (Å²) in [7, 11) is 1.55. The minimum absolute atomic E-state index is 0.0698. The summed E-state index contributed by atoms with van der Waals surface area (Å²) in [5.41, 5.74) is 2.62. The van der Waals surface area contributed by atoms with E-state index < -0.39 is 11.5 Å². The lowest BCUT2D eigenvalue weighted by atomic mass is 10.2. The number of carbonyl (C=O) groups is 1. The van der Waals surface area contributed by atoms with Crippen molar-refractivity contribution in [2.75, 3.05) is 5.43 Å². The molecule has 0 aliphatic rings. The van der Waals surface area contributed by atoms with Crippen molar-refractivity contribution in [3.8, 4) is 11.6 Å². The molecule has 1 N–H and O–H groups in total. The van der Waals surface area contributed by atoms with Crippen LogP contribution in [-0.4, -0.2) is 25.1 Å². The lowest BCUT2D eigenvalue weighted by molar-refractivity contribution is -0.115. The molecule has 0 saturated heterocycles. The van der Waals surface area contributed by atoms with Crippen LogP contribution in [-0.2, 0) is 11.8 Å². The average Bonchev–Trinajstić information content (AvgIpc) is 2.67. The molecule has 2 aromatic heterocycles. The van der Waals surface area contributed by atoms with Gasteiger partial charge in [-0.15, -0.1) is 0 Å². The van der Waals surface area contributed by atoms with E-state index in [1.807, 2.05) is 0 Å². The first kappa shape index (κ1) is 18.1. The second-order valence-electron chi connectivity index (χ2n) is 6.22. The van der Waals surface area contributed by atoms with Crippen LogP contribution < -0.4 is 16.5 Å². The molecule has 4 rings (SSSR count). The lowest BCUT2D eigenvalue weighted by Crippen LogP contribution is -2.35. The highest BCUT2D eigenvalue weighted by Crippen LogP contribution is 2.20. The Morgan fingerprint density at radius 1 is 0.964 bits per heavy atom. The van der Waals surface area contributed by atoms with Crippen molar-refractivity contribution >= 4 is 43.6 Å². The van der Waals surface area contributed by atoms with Crippen molar-refractivity contribution in [1.82, 2.24) is 19.2 Å². The van der Waals surface area contributed by atoms with E-state index >= 15 is 0 Å². The Morgan fingerprint density at radius 2 is 1.64 bits per heavy atom. The van der Waals surface area contributed by atoms with E-state index in [4.69, 9.17) is 0 Å². The van der Waals surface area contributed by atoms with Crippen molar-refractivity contribution in [1.29, 1.82) is 0 Å². The molecule has 2 aromatic carbocycles. The molecule has 0 radical (unpaired) electrons. The third kappa shape index (κ3) is 2.89. The average molecular weight is 440 g/mol. The minimum Gasteiger partial charge on any atom is -0.293 e. The van der Waals surface area contributed by atoms with Crippen LogP contribution in [0.3, 0.4) is 0 Å². The van der Waals surface area contributed by atoms with E-state index in [9.17, 15) is 14.4 Å². The van der Waals surface area contributed by atoms with Gasteiger partial charge in [0, 0.05) is 18.4 Å². The fourth-order valence-corrected chi connectivity index (χ4v) is 3.35. The van der Waals surface area contributed by atoms with Crippen LogP contribution in [0, 0.1) is 0 Å². The van der Waals surface area contributed by atoms with Gasteiger partial charge in [0.1, 0.15) is 0 Å². The second-order valence-corrected chi connectivity index (χ2v) is 7.14. The molecule has 140 valence electrons. The third-order valence-electron chi connectivity index (χ3n) is 4.28. The number of carbonyl (C=O) groups excluding carboxylic acids is 1. The van der Waals surface area contributed by atoms with Gasteiger partial charge >= 0.3 is 0 Å². The van der Waals surface area contributed by atoms with Gasteiger partial charge in [-0.05, 0) is 30.3 Å². The van der Waals surface area contributed by atoms with E-state index in [1.165, 1.54) is 11.5 Å². The van der Waals surface area contributed by atoms with Gasteiger partial charge in [0.2, 0.25) is 5.91 Å². The highest BCUT2D eigenvalue weighted by molar-refractivity contribution is 9.10. The van der Waals surface area contributed by atoms with E-state index in [-0.39, 0.29) is 17.2 Å². The van der Waals surface area contributed by atoms with Crippen molar-refractivity contribution in [2.24, 2.45) is 7.05 Å². The van der Waals surface area contributed by atoms with Crippen LogP contribution in [0.2, 0.25) is 0 Å². The van der Waals surface area contributed by atoms with Crippen molar-refractivity contribution in [2.45, 2.75) is 6.92 Å². The number of rotatable bonds is 2. The van der Waals surface area contributed by atoms with Crippen molar-refractivity contribution in [3.05, 3.63) is 67.6 Å². The zero-order valence-corrected chi connectivity index (χ0v) is 16.5. The monoisotopic (exact) mass is 439 g/mol. The lowest BCUT2D eigenvalue weighted by Gasteiger charge is -2.15. The zero-order chi connectivity index (χ0) is 20.0. The van der Waals surface area contributed by atoms with Gasteiger partial charge in [-0.1, -0.05) is 28.1 Å². The fraction of sp³-hybridized carbons (Fsp3) is 0.105. The van der Waals surface area contributed by atoms with Crippen molar-refractivity contribution < 1.29 is 4.79 Å². The van der Waals surface area contributed by atoms with Gasteiger partial charge in [0.15, 0.2) is 11.6 Å². The Bertz CT molecular complexity index is 1390. The van der Waals surface area contributed by atoms with Gasteiger partial charge in [-0.25, -0.2) is 9.97 Å². The predicted octanol–water partition coefficient (Wildman–Crippen LogP) is 2.16. The smallest absolute Gasteiger partial charge is 0.280 e. The molecular formula is C19H14BrN5O3. The Balaban J connectivity index is 2.14. The standard InChI is InChI=1S/C19H14BrN5O3/c1-10(26)23-25-17(22-15-8-7-11(20)9-13(15)19(25)28)16-21-14-6-4-3-5-12(14)18(27)24(16)2/h3-9H,1-2H3,(H,23,26). The molecule has 1 amide bonds. The summed E-state index contributed by atoms with van der Waals surface area (Å²) < 4.78 is 3.04. The summed E-state index contributed by atoms with van der Waals surface area (Å²) in [5.74, 6) is -0.218. The number of nitrogens with zero attached hydrogens (tertiary/aromatic N) is 4. The number of amides is 1. The summed E-state index contributed by atoms with van der Waals surface area (Å²) in [6, 6.07) is 12.0. The Labute approximate surface area is 166 Å². The molecule has 0 saturated carbocycles. The maximum Gasteiger partial charge on any atom is 0.280 e. The molecule has 0 spiro atoms. The first-order valence-electron chi connectivity index (χ1n) is 8.33. The van der Waals surface area contributed by atoms with E-state index in [0.717, 1.165) is 4.68 Å². The SMILES string of the molecule is CC(=O)Nn1c(-c2nc3ccccc3c(=O)n2C)nc2ccc(Br)cc2c1=O. The highest BCUT2D eigenvalue weighted by Gasteiger charge is 2.19.